The van der Waals surface area contributed by atoms with Crippen molar-refractivity contribution in [3.8, 4) is 0 Å². The molecule has 0 aliphatic rings. The zero-order chi connectivity index (χ0) is 14.0. The van der Waals surface area contributed by atoms with Crippen LogP contribution >= 0.6 is 11.6 Å². The van der Waals surface area contributed by atoms with E-state index in [2.05, 4.69) is 25.8 Å². The molecule has 0 fully saturated rings. The van der Waals surface area contributed by atoms with E-state index in [1.54, 1.807) is 6.20 Å². The van der Waals surface area contributed by atoms with Gasteiger partial charge in [-0.25, -0.2) is 0 Å². The number of fused-ring (bicyclic) bond motifs is 1. The predicted molar refractivity (Wildman–Crippen MR) is 83.4 cm³/mol. The van der Waals surface area contributed by atoms with E-state index in [0.717, 1.165) is 15.9 Å². The molecular formula is C16H24ClN. The molecule has 2 heteroatoms. The Labute approximate surface area is 116 Å². The third-order valence-corrected chi connectivity index (χ3v) is 2.74. The summed E-state index contributed by atoms with van der Waals surface area (Å²) < 4.78 is 0. The number of hydrogen-bond acceptors (Lipinski definition) is 1. The monoisotopic (exact) mass is 265 g/mol. The zero-order valence-electron chi connectivity index (χ0n) is 12.1. The lowest BCUT2D eigenvalue weighted by Crippen LogP contribution is -1.82. The molecule has 0 radical (unpaired) electrons. The summed E-state index contributed by atoms with van der Waals surface area (Å²) in [4.78, 5) is 4.21. The molecule has 0 saturated carbocycles. The molecule has 0 amide bonds. The zero-order valence-corrected chi connectivity index (χ0v) is 12.9. The molecule has 0 spiro atoms. The highest BCUT2D eigenvalue weighted by molar-refractivity contribution is 6.35. The summed E-state index contributed by atoms with van der Waals surface area (Å²) in [7, 11) is 0. The van der Waals surface area contributed by atoms with Gasteiger partial charge < -0.3 is 0 Å². The molecule has 0 aliphatic carbocycles. The molecule has 1 aromatic carbocycles. The third kappa shape index (κ3) is 5.05. The average Bonchev–Trinajstić information content (AvgIpc) is 2.43. The van der Waals surface area contributed by atoms with Crippen molar-refractivity contribution in [2.75, 3.05) is 0 Å². The maximum atomic E-state index is 5.97. The number of halogens is 1. The molecule has 0 N–H and O–H groups in total. The van der Waals surface area contributed by atoms with E-state index < -0.39 is 0 Å². The molecule has 0 saturated heterocycles. The summed E-state index contributed by atoms with van der Waals surface area (Å²) >= 11 is 5.97. The fraction of sp³-hybridized carbons (Fsp3) is 0.438. The first kappa shape index (κ1) is 16.9. The van der Waals surface area contributed by atoms with Crippen LogP contribution in [0.2, 0.25) is 5.02 Å². The second kappa shape index (κ2) is 9.90. The van der Waals surface area contributed by atoms with Crippen LogP contribution < -0.4 is 0 Å². The molecule has 0 unspecified atom stereocenters. The maximum absolute atomic E-state index is 5.97. The van der Waals surface area contributed by atoms with E-state index in [1.807, 2.05) is 38.1 Å². The highest BCUT2D eigenvalue weighted by Crippen LogP contribution is 2.22. The van der Waals surface area contributed by atoms with Crippen molar-refractivity contribution in [1.82, 2.24) is 4.98 Å². The fourth-order valence-electron chi connectivity index (χ4n) is 1.28. The average molecular weight is 266 g/mol. The van der Waals surface area contributed by atoms with Crippen molar-refractivity contribution >= 4 is 22.5 Å². The van der Waals surface area contributed by atoms with Crippen LogP contribution in [0.3, 0.4) is 0 Å². The Bertz CT molecular complexity index is 409. The van der Waals surface area contributed by atoms with Crippen LogP contribution in [0.4, 0.5) is 0 Å². The Kier molecular flexibility index (Phi) is 9.31. The largest absolute Gasteiger partial charge is 0.255 e. The Morgan fingerprint density at radius 1 is 1.06 bits per heavy atom. The molecule has 2 rings (SSSR count). The van der Waals surface area contributed by atoms with Gasteiger partial charge in [0.05, 0.1) is 10.5 Å². The van der Waals surface area contributed by atoms with E-state index in [4.69, 9.17) is 11.6 Å². The summed E-state index contributed by atoms with van der Waals surface area (Å²) in [5.41, 5.74) is 2.10. The van der Waals surface area contributed by atoms with Crippen molar-refractivity contribution in [3.05, 3.63) is 41.0 Å². The van der Waals surface area contributed by atoms with Gasteiger partial charge in [-0.2, -0.15) is 0 Å². The second-order valence-corrected chi connectivity index (χ2v) is 4.17. The maximum Gasteiger partial charge on any atom is 0.0890 e. The van der Waals surface area contributed by atoms with Crippen LogP contribution in [0.15, 0.2) is 30.5 Å². The minimum absolute atomic E-state index is 0.719. The highest BCUT2D eigenvalue weighted by Gasteiger charge is 1.99. The number of pyridine rings is 1. The molecular weight excluding hydrogens is 242 g/mol. The summed E-state index contributed by atoms with van der Waals surface area (Å²) in [6.07, 6.45) is 4.42. The number of rotatable bonds is 1. The lowest BCUT2D eigenvalue weighted by molar-refractivity contribution is 0.886. The number of unbranched alkanes of at least 4 members (excludes halogenated alkanes) is 1. The van der Waals surface area contributed by atoms with Crippen LogP contribution in [0.25, 0.3) is 10.9 Å². The van der Waals surface area contributed by atoms with Crippen LogP contribution in [-0.4, -0.2) is 4.98 Å². The van der Waals surface area contributed by atoms with Crippen molar-refractivity contribution in [1.29, 1.82) is 0 Å². The Morgan fingerprint density at radius 3 is 2.17 bits per heavy atom. The first-order valence-electron chi connectivity index (χ1n) is 6.70. The van der Waals surface area contributed by atoms with Crippen molar-refractivity contribution in [2.24, 2.45) is 0 Å². The topological polar surface area (TPSA) is 12.9 Å². The Morgan fingerprint density at radius 2 is 1.67 bits per heavy atom. The van der Waals surface area contributed by atoms with E-state index in [9.17, 15) is 0 Å². The minimum Gasteiger partial charge on any atom is -0.255 e. The second-order valence-electron chi connectivity index (χ2n) is 3.76. The van der Waals surface area contributed by atoms with Gasteiger partial charge in [0.15, 0.2) is 0 Å². The molecule has 1 heterocycles. The van der Waals surface area contributed by atoms with E-state index in [-0.39, 0.29) is 0 Å². The number of aromatic nitrogens is 1. The number of benzene rings is 1. The van der Waals surface area contributed by atoms with Gasteiger partial charge in [-0.15, -0.1) is 0 Å². The fourth-order valence-corrected chi connectivity index (χ4v) is 1.50. The Balaban J connectivity index is 0.000000415. The van der Waals surface area contributed by atoms with Crippen LogP contribution in [0.5, 0.6) is 0 Å². The van der Waals surface area contributed by atoms with Crippen LogP contribution in [-0.2, 0) is 0 Å². The van der Waals surface area contributed by atoms with Gasteiger partial charge >= 0.3 is 0 Å². The lowest BCUT2D eigenvalue weighted by atomic mass is 10.1. The van der Waals surface area contributed by atoms with Crippen molar-refractivity contribution in [3.63, 3.8) is 0 Å². The van der Waals surface area contributed by atoms with E-state index in [1.165, 1.54) is 18.4 Å². The van der Waals surface area contributed by atoms with E-state index >= 15 is 0 Å². The smallest absolute Gasteiger partial charge is 0.0890 e. The van der Waals surface area contributed by atoms with Gasteiger partial charge in [-0.3, -0.25) is 4.98 Å². The van der Waals surface area contributed by atoms with Crippen LogP contribution in [0.1, 0.15) is 46.1 Å². The van der Waals surface area contributed by atoms with Crippen molar-refractivity contribution < 1.29 is 0 Å². The normalized spacial score (nSPS) is 9.00. The molecule has 100 valence electrons. The first-order valence-corrected chi connectivity index (χ1v) is 7.08. The predicted octanol–water partition coefficient (Wildman–Crippen LogP) is 6.03. The number of hydrogen-bond donors (Lipinski definition) is 0. The highest BCUT2D eigenvalue weighted by atomic mass is 35.5. The van der Waals surface area contributed by atoms with Crippen LogP contribution in [0, 0.1) is 6.92 Å². The quantitative estimate of drug-likeness (QED) is 0.613. The van der Waals surface area contributed by atoms with Gasteiger partial charge in [0, 0.05) is 11.6 Å². The molecule has 1 nitrogen and oxygen atoms in total. The molecule has 0 atom stereocenters. The van der Waals surface area contributed by atoms with Gasteiger partial charge in [0.2, 0.25) is 0 Å². The number of nitrogens with zero attached hydrogens (tertiary/aromatic N) is 1. The molecule has 1 aromatic heterocycles. The molecule has 0 bridgehead atoms. The number of aryl methyl sites for hydroxylation is 1. The van der Waals surface area contributed by atoms with Gasteiger partial charge in [-0.1, -0.05) is 64.3 Å². The number of para-hydroxylation sites is 1. The molecule has 2 aromatic rings. The van der Waals surface area contributed by atoms with Crippen molar-refractivity contribution in [2.45, 2.75) is 47.5 Å². The first-order chi connectivity index (χ1) is 8.70. The summed E-state index contributed by atoms with van der Waals surface area (Å²) in [6.45, 7) is 10.4. The standard InChI is InChI=1S/C10H8ClN.C4H10.C2H6/c1-7-5-6-12-10-8(7)3-2-4-9(10)11;1-3-4-2;1-2/h2-6H,1H3;3-4H2,1-2H3;1-2H3. The van der Waals surface area contributed by atoms with Gasteiger partial charge in [-0.05, 0) is 24.6 Å². The minimum atomic E-state index is 0.719. The van der Waals surface area contributed by atoms with Gasteiger partial charge in [0.1, 0.15) is 0 Å². The summed E-state index contributed by atoms with van der Waals surface area (Å²) in [5.74, 6) is 0. The molecule has 18 heavy (non-hydrogen) atoms. The third-order valence-electron chi connectivity index (χ3n) is 2.44. The SMILES string of the molecule is CC.CCCC.Cc1ccnc2c(Cl)cccc12. The van der Waals surface area contributed by atoms with E-state index in [0.29, 0.717) is 0 Å². The van der Waals surface area contributed by atoms with Gasteiger partial charge in [0.25, 0.3) is 0 Å². The Hall–Kier alpha value is -1.08. The summed E-state index contributed by atoms with van der Waals surface area (Å²) in [5, 5.41) is 1.85. The lowest BCUT2D eigenvalue weighted by Gasteiger charge is -2.00. The summed E-state index contributed by atoms with van der Waals surface area (Å²) in [6, 6.07) is 7.82. The molecule has 0 aliphatic heterocycles.